The number of aromatic nitrogens is 2. The van der Waals surface area contributed by atoms with Crippen LogP contribution in [0.2, 0.25) is 0 Å². The molecule has 1 fully saturated rings. The van der Waals surface area contributed by atoms with Gasteiger partial charge in [0, 0.05) is 20.1 Å². The molecular formula is C9H12N4O4. The van der Waals surface area contributed by atoms with E-state index in [0.29, 0.717) is 18.8 Å². The second-order valence-electron chi connectivity index (χ2n) is 4.03. The molecule has 17 heavy (non-hydrogen) atoms. The summed E-state index contributed by atoms with van der Waals surface area (Å²) in [6, 6.07) is 0. The Morgan fingerprint density at radius 2 is 2.41 bits per heavy atom. The van der Waals surface area contributed by atoms with Crippen LogP contribution in [0.4, 0.5) is 11.6 Å². The van der Waals surface area contributed by atoms with Crippen LogP contribution in [0.5, 0.6) is 0 Å². The molecule has 2 rings (SSSR count). The average Bonchev–Trinajstić information content (AvgIpc) is 2.82. The zero-order chi connectivity index (χ0) is 12.6. The van der Waals surface area contributed by atoms with Crippen molar-refractivity contribution in [2.24, 2.45) is 13.0 Å². The molecule has 8 heteroatoms. The van der Waals surface area contributed by atoms with Gasteiger partial charge in [0.2, 0.25) is 12.1 Å². The van der Waals surface area contributed by atoms with Gasteiger partial charge in [-0.05, 0) is 16.3 Å². The fraction of sp³-hybridized carbons (Fsp3) is 0.556. The average molecular weight is 240 g/mol. The summed E-state index contributed by atoms with van der Waals surface area (Å²) >= 11 is 0. The molecule has 1 aromatic rings. The summed E-state index contributed by atoms with van der Waals surface area (Å²) in [7, 11) is 1.66. The smallest absolute Gasteiger partial charge is 0.406 e. The van der Waals surface area contributed by atoms with Crippen LogP contribution < -0.4 is 4.90 Å². The summed E-state index contributed by atoms with van der Waals surface area (Å²) in [6.45, 7) is 0.785. The van der Waals surface area contributed by atoms with Gasteiger partial charge < -0.3 is 20.1 Å². The topological polar surface area (TPSA) is 101 Å². The van der Waals surface area contributed by atoms with E-state index < -0.39 is 16.8 Å². The molecule has 1 aliphatic rings. The molecule has 1 atom stereocenters. The molecule has 0 amide bonds. The van der Waals surface area contributed by atoms with Gasteiger partial charge >= 0.3 is 11.8 Å². The van der Waals surface area contributed by atoms with Crippen molar-refractivity contribution in [2.45, 2.75) is 6.42 Å². The molecule has 0 aliphatic carbocycles. The lowest BCUT2D eigenvalue weighted by molar-refractivity contribution is -0.388. The highest BCUT2D eigenvalue weighted by Crippen LogP contribution is 2.30. The summed E-state index contributed by atoms with van der Waals surface area (Å²) in [6.07, 6.45) is 1.86. The zero-order valence-corrected chi connectivity index (χ0v) is 9.24. The van der Waals surface area contributed by atoms with Gasteiger partial charge in [-0.1, -0.05) is 0 Å². The summed E-state index contributed by atoms with van der Waals surface area (Å²) in [5.41, 5.74) is 0. The monoisotopic (exact) mass is 240 g/mol. The van der Waals surface area contributed by atoms with E-state index in [2.05, 4.69) is 4.98 Å². The van der Waals surface area contributed by atoms with E-state index in [-0.39, 0.29) is 12.4 Å². The number of hydrogen-bond donors (Lipinski definition) is 1. The third-order valence-electron chi connectivity index (χ3n) is 2.90. The van der Waals surface area contributed by atoms with E-state index in [9.17, 15) is 14.9 Å². The van der Waals surface area contributed by atoms with Crippen LogP contribution in [0.25, 0.3) is 0 Å². The molecule has 1 aliphatic heterocycles. The first kappa shape index (κ1) is 11.4. The van der Waals surface area contributed by atoms with Crippen LogP contribution >= 0.6 is 0 Å². The van der Waals surface area contributed by atoms with Crippen molar-refractivity contribution in [1.29, 1.82) is 0 Å². The lowest BCUT2D eigenvalue weighted by Crippen LogP contribution is -2.25. The zero-order valence-electron chi connectivity index (χ0n) is 9.24. The van der Waals surface area contributed by atoms with Crippen molar-refractivity contribution in [3.05, 3.63) is 16.4 Å². The predicted octanol–water partition coefficient (Wildman–Crippen LogP) is 0.239. The fourth-order valence-corrected chi connectivity index (χ4v) is 2.06. The Balaban J connectivity index is 2.27. The van der Waals surface area contributed by atoms with E-state index in [1.54, 1.807) is 16.5 Å². The first-order valence-electron chi connectivity index (χ1n) is 5.14. The molecule has 1 N–H and O–H groups in total. The van der Waals surface area contributed by atoms with Crippen LogP contribution in [0, 0.1) is 16.0 Å². The van der Waals surface area contributed by atoms with E-state index in [1.807, 2.05) is 0 Å². The second-order valence-corrected chi connectivity index (χ2v) is 4.03. The Morgan fingerprint density at radius 1 is 1.71 bits per heavy atom. The van der Waals surface area contributed by atoms with E-state index >= 15 is 0 Å². The van der Waals surface area contributed by atoms with Crippen molar-refractivity contribution >= 4 is 17.6 Å². The largest absolute Gasteiger partial charge is 0.481 e. The van der Waals surface area contributed by atoms with Crippen LogP contribution in [0.3, 0.4) is 0 Å². The van der Waals surface area contributed by atoms with Crippen molar-refractivity contribution in [2.75, 3.05) is 18.0 Å². The van der Waals surface area contributed by atoms with Gasteiger partial charge in [0.25, 0.3) is 0 Å². The van der Waals surface area contributed by atoms with Gasteiger partial charge in [-0.25, -0.2) is 0 Å². The van der Waals surface area contributed by atoms with Crippen molar-refractivity contribution in [1.82, 2.24) is 9.55 Å². The molecule has 8 nitrogen and oxygen atoms in total. The van der Waals surface area contributed by atoms with E-state index in [4.69, 9.17) is 5.11 Å². The number of nitrogens with zero attached hydrogens (tertiary/aromatic N) is 4. The first-order valence-corrected chi connectivity index (χ1v) is 5.14. The number of carbonyl (C=O) groups is 1. The van der Waals surface area contributed by atoms with Gasteiger partial charge in [0.05, 0.1) is 5.92 Å². The van der Waals surface area contributed by atoms with Crippen LogP contribution in [-0.4, -0.2) is 38.6 Å². The lowest BCUT2D eigenvalue weighted by atomic mass is 10.1. The number of aryl methyl sites for hydroxylation is 1. The number of carboxylic acid groups (broad SMARTS) is 1. The van der Waals surface area contributed by atoms with Gasteiger partial charge in [-0.15, -0.1) is 0 Å². The third-order valence-corrected chi connectivity index (χ3v) is 2.90. The lowest BCUT2D eigenvalue weighted by Gasteiger charge is -2.16. The Hall–Kier alpha value is -2.12. The summed E-state index contributed by atoms with van der Waals surface area (Å²) in [4.78, 5) is 26.5. The predicted molar refractivity (Wildman–Crippen MR) is 57.8 cm³/mol. The number of carboxylic acids is 1. The Morgan fingerprint density at radius 3 is 2.94 bits per heavy atom. The van der Waals surface area contributed by atoms with Gasteiger partial charge in [0.1, 0.15) is 0 Å². The molecule has 0 bridgehead atoms. The number of anilines is 1. The first-order chi connectivity index (χ1) is 8.00. The van der Waals surface area contributed by atoms with Crippen molar-refractivity contribution in [3.63, 3.8) is 0 Å². The SMILES string of the molecule is Cn1cnc([N+](=O)[O-])c1N1CCC(C(=O)O)C1. The highest BCUT2D eigenvalue weighted by molar-refractivity contribution is 5.72. The quantitative estimate of drug-likeness (QED) is 0.599. The maximum Gasteiger partial charge on any atom is 0.406 e. The number of aliphatic carboxylic acids is 1. The highest BCUT2D eigenvalue weighted by Gasteiger charge is 2.34. The Bertz CT molecular complexity index is 470. The van der Waals surface area contributed by atoms with Gasteiger partial charge in [-0.3, -0.25) is 9.36 Å². The highest BCUT2D eigenvalue weighted by atomic mass is 16.6. The maximum atomic E-state index is 10.8. The molecule has 1 unspecified atom stereocenters. The minimum atomic E-state index is -0.864. The second kappa shape index (κ2) is 4.04. The van der Waals surface area contributed by atoms with Gasteiger partial charge in [-0.2, -0.15) is 0 Å². The molecular weight excluding hydrogens is 228 g/mol. The van der Waals surface area contributed by atoms with E-state index in [0.717, 1.165) is 0 Å². The van der Waals surface area contributed by atoms with Crippen LogP contribution in [0.1, 0.15) is 6.42 Å². The Kier molecular flexibility index (Phi) is 2.70. The molecule has 1 saturated heterocycles. The molecule has 0 aromatic carbocycles. The minimum absolute atomic E-state index is 0.224. The molecule has 1 aromatic heterocycles. The number of imidazole rings is 1. The van der Waals surface area contributed by atoms with Crippen LogP contribution in [0.15, 0.2) is 6.33 Å². The minimum Gasteiger partial charge on any atom is -0.481 e. The summed E-state index contributed by atoms with van der Waals surface area (Å²) < 4.78 is 1.54. The van der Waals surface area contributed by atoms with Crippen molar-refractivity contribution < 1.29 is 14.8 Å². The number of hydrogen-bond acceptors (Lipinski definition) is 5. The summed E-state index contributed by atoms with van der Waals surface area (Å²) in [5.74, 6) is -1.18. The maximum absolute atomic E-state index is 10.8. The molecule has 0 saturated carbocycles. The molecule has 92 valence electrons. The van der Waals surface area contributed by atoms with Gasteiger partial charge in [0.15, 0.2) is 0 Å². The van der Waals surface area contributed by atoms with Crippen LogP contribution in [-0.2, 0) is 11.8 Å². The van der Waals surface area contributed by atoms with Crippen molar-refractivity contribution in [3.8, 4) is 0 Å². The summed E-state index contributed by atoms with van der Waals surface area (Å²) in [5, 5.41) is 19.7. The number of nitro groups is 1. The molecule has 0 spiro atoms. The fourth-order valence-electron chi connectivity index (χ4n) is 2.06. The van der Waals surface area contributed by atoms with E-state index in [1.165, 1.54) is 6.33 Å². The third kappa shape index (κ3) is 1.93. The molecule has 0 radical (unpaired) electrons. The normalized spacial score (nSPS) is 19.6. The molecule has 2 heterocycles. The standard InChI is InChI=1S/C9H12N4O4/c1-11-5-10-7(13(16)17)8(11)12-3-2-6(4-12)9(14)15/h5-6H,2-4H2,1H3,(H,14,15). The Labute approximate surface area is 96.6 Å². The number of rotatable bonds is 3.